The summed E-state index contributed by atoms with van der Waals surface area (Å²) in [4.78, 5) is 32.9. The molecule has 2 aromatic rings. The highest BCUT2D eigenvalue weighted by atomic mass is 16.2. The average Bonchev–Trinajstić information content (AvgIpc) is 2.61. The first-order valence-electron chi connectivity index (χ1n) is 8.44. The molecule has 0 spiro atoms. The molecule has 1 aromatic heterocycles. The molecule has 1 saturated carbocycles. The minimum Gasteiger partial charge on any atom is -0.368 e. The Morgan fingerprint density at radius 3 is 2.58 bits per heavy atom. The summed E-state index contributed by atoms with van der Waals surface area (Å²) in [5.41, 5.74) is 7.67. The Balaban J connectivity index is 1.70. The van der Waals surface area contributed by atoms with E-state index in [2.05, 4.69) is 15.3 Å². The van der Waals surface area contributed by atoms with E-state index in [9.17, 15) is 9.59 Å². The van der Waals surface area contributed by atoms with Crippen molar-refractivity contribution in [2.75, 3.05) is 0 Å². The van der Waals surface area contributed by atoms with E-state index in [1.54, 1.807) is 6.20 Å². The van der Waals surface area contributed by atoms with Crippen LogP contribution in [0.5, 0.6) is 0 Å². The third kappa shape index (κ3) is 3.88. The van der Waals surface area contributed by atoms with E-state index in [1.165, 1.54) is 6.42 Å². The van der Waals surface area contributed by atoms with Crippen LogP contribution in [0.1, 0.15) is 37.8 Å². The molecule has 0 unspecified atom stereocenters. The number of nitrogens with one attached hydrogen (secondary N) is 1. The number of fused-ring (bicyclic) bond motifs is 1. The summed E-state index contributed by atoms with van der Waals surface area (Å²) in [5, 5.41) is 2.80. The van der Waals surface area contributed by atoms with Crippen LogP contribution < -0.4 is 11.1 Å². The first kappa shape index (κ1) is 16.4. The van der Waals surface area contributed by atoms with Gasteiger partial charge in [0, 0.05) is 18.5 Å². The van der Waals surface area contributed by atoms with E-state index in [-0.39, 0.29) is 18.2 Å². The normalized spacial score (nSPS) is 16.7. The monoisotopic (exact) mass is 326 g/mol. The van der Waals surface area contributed by atoms with Gasteiger partial charge in [-0.25, -0.2) is 4.98 Å². The third-order valence-electron chi connectivity index (χ3n) is 4.55. The smallest absolute Gasteiger partial charge is 0.240 e. The Labute approximate surface area is 140 Å². The van der Waals surface area contributed by atoms with Crippen molar-refractivity contribution >= 4 is 22.8 Å². The first-order valence-corrected chi connectivity index (χ1v) is 8.44. The summed E-state index contributed by atoms with van der Waals surface area (Å²) < 4.78 is 0. The van der Waals surface area contributed by atoms with E-state index in [0.717, 1.165) is 36.7 Å². The lowest BCUT2D eigenvalue weighted by molar-refractivity contribution is -0.130. The zero-order valence-corrected chi connectivity index (χ0v) is 13.6. The minimum atomic E-state index is -0.755. The molecule has 1 atom stereocenters. The molecule has 1 aliphatic rings. The van der Waals surface area contributed by atoms with Crippen LogP contribution in [0.2, 0.25) is 0 Å². The van der Waals surface area contributed by atoms with E-state index < -0.39 is 11.9 Å². The number of amides is 2. The van der Waals surface area contributed by atoms with Crippen LogP contribution in [0.25, 0.3) is 11.0 Å². The van der Waals surface area contributed by atoms with Gasteiger partial charge in [0.1, 0.15) is 6.04 Å². The lowest BCUT2D eigenvalue weighted by atomic mass is 9.88. The van der Waals surface area contributed by atoms with Gasteiger partial charge >= 0.3 is 0 Å². The molecule has 6 heteroatoms. The van der Waals surface area contributed by atoms with Gasteiger partial charge in [-0.2, -0.15) is 0 Å². The van der Waals surface area contributed by atoms with Crippen LogP contribution in [0, 0.1) is 5.92 Å². The van der Waals surface area contributed by atoms with Crippen molar-refractivity contribution in [3.05, 3.63) is 36.2 Å². The number of carbonyl (C=O) groups is 2. The van der Waals surface area contributed by atoms with Gasteiger partial charge in [-0.05, 0) is 25.0 Å². The van der Waals surface area contributed by atoms with Crippen LogP contribution in [-0.2, 0) is 16.0 Å². The molecular formula is C18H22N4O2. The predicted octanol–water partition coefficient (Wildman–Crippen LogP) is 1.72. The highest BCUT2D eigenvalue weighted by Gasteiger charge is 2.26. The predicted molar refractivity (Wildman–Crippen MR) is 90.9 cm³/mol. The largest absolute Gasteiger partial charge is 0.368 e. The molecule has 0 radical (unpaired) electrons. The Morgan fingerprint density at radius 1 is 1.17 bits per heavy atom. The lowest BCUT2D eigenvalue weighted by Crippen LogP contribution is -2.48. The van der Waals surface area contributed by atoms with Crippen molar-refractivity contribution in [2.45, 2.75) is 44.6 Å². The Kier molecular flexibility index (Phi) is 5.03. The van der Waals surface area contributed by atoms with Crippen LogP contribution in [-0.4, -0.2) is 27.8 Å². The van der Waals surface area contributed by atoms with Gasteiger partial charge in [0.2, 0.25) is 11.8 Å². The Morgan fingerprint density at radius 2 is 1.88 bits per heavy atom. The zero-order chi connectivity index (χ0) is 16.9. The van der Waals surface area contributed by atoms with Crippen molar-refractivity contribution in [3.8, 4) is 0 Å². The summed E-state index contributed by atoms with van der Waals surface area (Å²) in [5.74, 6) is -0.635. The molecule has 3 N–H and O–H groups in total. The molecule has 1 aromatic carbocycles. The number of primary amides is 1. The summed E-state index contributed by atoms with van der Waals surface area (Å²) in [6.45, 7) is 0. The molecule has 6 nitrogen and oxygen atoms in total. The second-order valence-electron chi connectivity index (χ2n) is 6.35. The zero-order valence-electron chi connectivity index (χ0n) is 13.6. The number of nitrogens with zero attached hydrogens (tertiary/aromatic N) is 2. The van der Waals surface area contributed by atoms with Gasteiger partial charge in [-0.15, -0.1) is 0 Å². The highest BCUT2D eigenvalue weighted by molar-refractivity contribution is 5.87. The highest BCUT2D eigenvalue weighted by Crippen LogP contribution is 2.23. The van der Waals surface area contributed by atoms with Crippen LogP contribution in [0.4, 0.5) is 0 Å². The topological polar surface area (TPSA) is 98.0 Å². The maximum absolute atomic E-state index is 12.4. The van der Waals surface area contributed by atoms with Gasteiger partial charge in [0.05, 0.1) is 16.7 Å². The van der Waals surface area contributed by atoms with E-state index in [4.69, 9.17) is 5.73 Å². The molecule has 24 heavy (non-hydrogen) atoms. The van der Waals surface area contributed by atoms with Crippen molar-refractivity contribution < 1.29 is 9.59 Å². The van der Waals surface area contributed by atoms with E-state index in [0.29, 0.717) is 5.69 Å². The van der Waals surface area contributed by atoms with Crippen LogP contribution >= 0.6 is 0 Å². The number of benzene rings is 1. The number of hydrogen-bond acceptors (Lipinski definition) is 4. The average molecular weight is 326 g/mol. The van der Waals surface area contributed by atoms with Gasteiger partial charge in [0.15, 0.2) is 0 Å². The van der Waals surface area contributed by atoms with Crippen LogP contribution in [0.3, 0.4) is 0 Å². The second kappa shape index (κ2) is 7.38. The van der Waals surface area contributed by atoms with Crippen molar-refractivity contribution in [2.24, 2.45) is 11.7 Å². The summed E-state index contributed by atoms with van der Waals surface area (Å²) in [6, 6.07) is 6.77. The fourth-order valence-corrected chi connectivity index (χ4v) is 3.18. The first-order chi connectivity index (χ1) is 11.6. The maximum atomic E-state index is 12.4. The number of rotatable bonds is 5. The second-order valence-corrected chi connectivity index (χ2v) is 6.35. The van der Waals surface area contributed by atoms with Crippen molar-refractivity contribution in [3.63, 3.8) is 0 Å². The molecule has 0 bridgehead atoms. The van der Waals surface area contributed by atoms with Gasteiger partial charge in [-0.1, -0.05) is 31.4 Å². The fourth-order valence-electron chi connectivity index (χ4n) is 3.18. The molecular weight excluding hydrogens is 304 g/mol. The third-order valence-corrected chi connectivity index (χ3v) is 4.55. The summed E-state index contributed by atoms with van der Waals surface area (Å²) in [7, 11) is 0. The fraction of sp³-hybridized carbons (Fsp3) is 0.444. The van der Waals surface area contributed by atoms with Crippen LogP contribution in [0.15, 0.2) is 30.5 Å². The molecule has 0 aliphatic heterocycles. The Bertz CT molecular complexity index is 741. The number of nitrogens with two attached hydrogens (primary N) is 1. The van der Waals surface area contributed by atoms with Crippen molar-refractivity contribution in [1.82, 2.24) is 15.3 Å². The van der Waals surface area contributed by atoms with Gasteiger partial charge < -0.3 is 11.1 Å². The number of para-hydroxylation sites is 2. The summed E-state index contributed by atoms with van der Waals surface area (Å²) >= 11 is 0. The summed E-state index contributed by atoms with van der Waals surface area (Å²) in [6.07, 6.45) is 6.96. The minimum absolute atomic E-state index is 0.0108. The Hall–Kier alpha value is -2.50. The standard InChI is InChI=1S/C18H22N4O2/c19-17(23)16(22-18(24)12-6-2-1-3-7-12)10-13-11-20-14-8-4-5-9-15(14)21-13/h4-5,8-9,11-12,16H,1-3,6-7,10H2,(H2,19,23)(H,22,24)/t16-/m0/s1. The molecule has 126 valence electrons. The number of aromatic nitrogens is 2. The molecule has 1 aliphatic carbocycles. The lowest BCUT2D eigenvalue weighted by Gasteiger charge is -2.23. The van der Waals surface area contributed by atoms with Crippen molar-refractivity contribution in [1.29, 1.82) is 0 Å². The van der Waals surface area contributed by atoms with E-state index >= 15 is 0 Å². The maximum Gasteiger partial charge on any atom is 0.240 e. The molecule has 0 saturated heterocycles. The molecule has 2 amide bonds. The van der Waals surface area contributed by atoms with Gasteiger partial charge in [-0.3, -0.25) is 14.6 Å². The quantitative estimate of drug-likeness (QED) is 0.874. The number of hydrogen-bond donors (Lipinski definition) is 2. The SMILES string of the molecule is NC(=O)[C@H](Cc1cnc2ccccc2n1)NC(=O)C1CCCCC1. The van der Waals surface area contributed by atoms with Gasteiger partial charge in [0.25, 0.3) is 0 Å². The van der Waals surface area contributed by atoms with E-state index in [1.807, 2.05) is 24.3 Å². The molecule has 1 heterocycles. The molecule has 1 fully saturated rings. The number of carbonyl (C=O) groups excluding carboxylic acids is 2. The molecule has 3 rings (SSSR count).